The molecule has 19 heavy (non-hydrogen) atoms. The van der Waals surface area contributed by atoms with Crippen LogP contribution in [-0.2, 0) is 11.2 Å². The number of hydrogen-bond acceptors (Lipinski definition) is 1. The van der Waals surface area contributed by atoms with Crippen molar-refractivity contribution in [2.75, 3.05) is 6.61 Å². The maximum absolute atomic E-state index is 6.00. The minimum atomic E-state index is 0.501. The van der Waals surface area contributed by atoms with Gasteiger partial charge in [0.1, 0.15) is 0 Å². The fourth-order valence-electron chi connectivity index (χ4n) is 3.21. The van der Waals surface area contributed by atoms with Crippen molar-refractivity contribution >= 4 is 0 Å². The molecule has 0 aromatic heterocycles. The SMILES string of the molecule is CC(Cc1ccccc1)CC1CCC(C(C)C)OC1. The minimum absolute atomic E-state index is 0.501. The van der Waals surface area contributed by atoms with Crippen molar-refractivity contribution < 1.29 is 4.74 Å². The van der Waals surface area contributed by atoms with Crippen LogP contribution in [0.15, 0.2) is 30.3 Å². The molecule has 1 fully saturated rings. The van der Waals surface area contributed by atoms with Crippen LogP contribution in [0.4, 0.5) is 0 Å². The van der Waals surface area contributed by atoms with E-state index >= 15 is 0 Å². The minimum Gasteiger partial charge on any atom is -0.378 e. The summed E-state index contributed by atoms with van der Waals surface area (Å²) in [4.78, 5) is 0. The van der Waals surface area contributed by atoms with E-state index < -0.39 is 0 Å². The van der Waals surface area contributed by atoms with Gasteiger partial charge in [-0.1, -0.05) is 51.1 Å². The molecule has 0 spiro atoms. The Hall–Kier alpha value is -0.820. The Morgan fingerprint density at radius 3 is 2.42 bits per heavy atom. The Morgan fingerprint density at radius 1 is 1.11 bits per heavy atom. The second-order valence-electron chi connectivity index (χ2n) is 6.59. The first kappa shape index (κ1) is 14.6. The van der Waals surface area contributed by atoms with Gasteiger partial charge in [0, 0.05) is 6.61 Å². The molecule has 1 saturated heterocycles. The van der Waals surface area contributed by atoms with Crippen LogP contribution in [0, 0.1) is 17.8 Å². The van der Waals surface area contributed by atoms with Gasteiger partial charge in [-0.25, -0.2) is 0 Å². The third-order valence-electron chi connectivity index (χ3n) is 4.31. The summed E-state index contributed by atoms with van der Waals surface area (Å²) in [5.74, 6) is 2.20. The van der Waals surface area contributed by atoms with Gasteiger partial charge in [-0.05, 0) is 49.0 Å². The normalized spacial score (nSPS) is 25.5. The fourth-order valence-corrected chi connectivity index (χ4v) is 3.21. The highest BCUT2D eigenvalue weighted by Crippen LogP contribution is 2.28. The third-order valence-corrected chi connectivity index (χ3v) is 4.31. The number of rotatable bonds is 5. The van der Waals surface area contributed by atoms with Gasteiger partial charge in [0.2, 0.25) is 0 Å². The zero-order valence-electron chi connectivity index (χ0n) is 12.6. The maximum Gasteiger partial charge on any atom is 0.0598 e. The van der Waals surface area contributed by atoms with Crippen LogP contribution in [0.3, 0.4) is 0 Å². The molecular weight excluding hydrogens is 232 g/mol. The van der Waals surface area contributed by atoms with Crippen molar-refractivity contribution in [3.63, 3.8) is 0 Å². The molecule has 1 heteroatoms. The van der Waals surface area contributed by atoms with Crippen molar-refractivity contribution in [2.45, 2.75) is 52.6 Å². The van der Waals surface area contributed by atoms with E-state index in [0.29, 0.717) is 12.0 Å². The summed E-state index contributed by atoms with van der Waals surface area (Å²) in [6.07, 6.45) is 5.60. The van der Waals surface area contributed by atoms with E-state index in [0.717, 1.165) is 18.4 Å². The van der Waals surface area contributed by atoms with Gasteiger partial charge in [0.05, 0.1) is 6.10 Å². The molecular formula is C18H28O. The zero-order chi connectivity index (χ0) is 13.7. The molecule has 1 aliphatic heterocycles. The zero-order valence-corrected chi connectivity index (χ0v) is 12.6. The molecule has 2 rings (SSSR count). The highest BCUT2D eigenvalue weighted by atomic mass is 16.5. The molecule has 0 aliphatic carbocycles. The van der Waals surface area contributed by atoms with Crippen LogP contribution in [0.2, 0.25) is 0 Å². The topological polar surface area (TPSA) is 9.23 Å². The van der Waals surface area contributed by atoms with E-state index in [-0.39, 0.29) is 0 Å². The highest BCUT2D eigenvalue weighted by Gasteiger charge is 2.24. The molecule has 106 valence electrons. The highest BCUT2D eigenvalue weighted by molar-refractivity contribution is 5.15. The smallest absolute Gasteiger partial charge is 0.0598 e. The first-order valence-corrected chi connectivity index (χ1v) is 7.80. The lowest BCUT2D eigenvalue weighted by Gasteiger charge is -2.32. The second-order valence-corrected chi connectivity index (χ2v) is 6.59. The van der Waals surface area contributed by atoms with Gasteiger partial charge in [-0.15, -0.1) is 0 Å². The molecule has 0 radical (unpaired) electrons. The Kier molecular flexibility index (Phi) is 5.45. The van der Waals surface area contributed by atoms with E-state index in [4.69, 9.17) is 4.74 Å². The first-order chi connectivity index (χ1) is 9.15. The third kappa shape index (κ3) is 4.65. The lowest BCUT2D eigenvalue weighted by molar-refractivity contribution is -0.0439. The van der Waals surface area contributed by atoms with Crippen LogP contribution in [-0.4, -0.2) is 12.7 Å². The molecule has 1 aromatic carbocycles. The largest absolute Gasteiger partial charge is 0.378 e. The molecule has 1 aromatic rings. The van der Waals surface area contributed by atoms with E-state index in [2.05, 4.69) is 51.1 Å². The predicted molar refractivity (Wildman–Crippen MR) is 81.2 cm³/mol. The van der Waals surface area contributed by atoms with Gasteiger partial charge in [-0.2, -0.15) is 0 Å². The summed E-state index contributed by atoms with van der Waals surface area (Å²) in [6.45, 7) is 7.88. The average molecular weight is 260 g/mol. The second kappa shape index (κ2) is 7.09. The van der Waals surface area contributed by atoms with Gasteiger partial charge in [-0.3, -0.25) is 0 Å². The van der Waals surface area contributed by atoms with Gasteiger partial charge in [0.25, 0.3) is 0 Å². The number of benzene rings is 1. The molecule has 0 N–H and O–H groups in total. The molecule has 0 amide bonds. The van der Waals surface area contributed by atoms with Gasteiger partial charge >= 0.3 is 0 Å². The van der Waals surface area contributed by atoms with Gasteiger partial charge in [0.15, 0.2) is 0 Å². The van der Waals surface area contributed by atoms with Crippen LogP contribution in [0.5, 0.6) is 0 Å². The van der Waals surface area contributed by atoms with Crippen molar-refractivity contribution in [3.8, 4) is 0 Å². The predicted octanol–water partition coefficient (Wildman–Crippen LogP) is 4.71. The van der Waals surface area contributed by atoms with E-state index in [9.17, 15) is 0 Å². The molecule has 3 atom stereocenters. The van der Waals surface area contributed by atoms with Crippen LogP contribution >= 0.6 is 0 Å². The van der Waals surface area contributed by atoms with E-state index in [1.807, 2.05) is 0 Å². The Labute approximate surface area is 118 Å². The van der Waals surface area contributed by atoms with E-state index in [1.165, 1.54) is 31.2 Å². The Bertz CT molecular complexity index is 349. The summed E-state index contributed by atoms with van der Waals surface area (Å²) in [5.41, 5.74) is 1.46. The lowest BCUT2D eigenvalue weighted by atomic mass is 9.85. The van der Waals surface area contributed by atoms with Crippen molar-refractivity contribution in [1.82, 2.24) is 0 Å². The van der Waals surface area contributed by atoms with E-state index in [1.54, 1.807) is 0 Å². The number of ether oxygens (including phenoxy) is 1. The molecule has 1 heterocycles. The monoisotopic (exact) mass is 260 g/mol. The fraction of sp³-hybridized carbons (Fsp3) is 0.667. The average Bonchev–Trinajstić information content (AvgIpc) is 2.40. The van der Waals surface area contributed by atoms with Crippen molar-refractivity contribution in [2.24, 2.45) is 17.8 Å². The lowest BCUT2D eigenvalue weighted by Crippen LogP contribution is -2.30. The van der Waals surface area contributed by atoms with Crippen molar-refractivity contribution in [1.29, 1.82) is 0 Å². The molecule has 3 unspecified atom stereocenters. The summed E-state index contributed by atoms with van der Waals surface area (Å²) in [6, 6.07) is 10.8. The summed E-state index contributed by atoms with van der Waals surface area (Å²) < 4.78 is 6.00. The molecule has 0 saturated carbocycles. The first-order valence-electron chi connectivity index (χ1n) is 7.80. The summed E-state index contributed by atoms with van der Waals surface area (Å²) in [5, 5.41) is 0. The Balaban J connectivity index is 1.73. The summed E-state index contributed by atoms with van der Waals surface area (Å²) >= 11 is 0. The summed E-state index contributed by atoms with van der Waals surface area (Å²) in [7, 11) is 0. The number of hydrogen-bond donors (Lipinski definition) is 0. The van der Waals surface area contributed by atoms with Crippen molar-refractivity contribution in [3.05, 3.63) is 35.9 Å². The standard InChI is InChI=1S/C18H28O/c1-14(2)18-10-9-17(13-19-18)12-15(3)11-16-7-5-4-6-8-16/h4-8,14-15,17-18H,9-13H2,1-3H3. The quantitative estimate of drug-likeness (QED) is 0.745. The molecule has 1 aliphatic rings. The van der Waals surface area contributed by atoms with Crippen LogP contribution < -0.4 is 0 Å². The van der Waals surface area contributed by atoms with Crippen LogP contribution in [0.25, 0.3) is 0 Å². The molecule has 0 bridgehead atoms. The van der Waals surface area contributed by atoms with Gasteiger partial charge < -0.3 is 4.74 Å². The Morgan fingerprint density at radius 2 is 1.84 bits per heavy atom. The van der Waals surface area contributed by atoms with Crippen LogP contribution in [0.1, 0.15) is 45.6 Å². The molecule has 1 nitrogen and oxygen atoms in total. The maximum atomic E-state index is 6.00.